The number of nitrogens with one attached hydrogen (secondary N) is 2. The number of likely N-dealkylation sites (tertiary alicyclic amines) is 1. The van der Waals surface area contributed by atoms with Gasteiger partial charge in [-0.05, 0) is 36.3 Å². The van der Waals surface area contributed by atoms with Crippen LogP contribution < -0.4 is 16.4 Å². The van der Waals surface area contributed by atoms with Crippen molar-refractivity contribution in [2.45, 2.75) is 37.8 Å². The van der Waals surface area contributed by atoms with Gasteiger partial charge in [0.25, 0.3) is 0 Å². The summed E-state index contributed by atoms with van der Waals surface area (Å²) in [5.41, 5.74) is 8.64. The molecular weight excluding hydrogens is 304 g/mol. The number of carbonyl (C=O) groups excluding carboxylic acids is 2. The minimum Gasteiger partial charge on any atom is -0.359 e. The number of urea groups is 1. The van der Waals surface area contributed by atoms with E-state index in [0.717, 1.165) is 24.8 Å². The molecule has 3 amide bonds. The maximum Gasteiger partial charge on any atom is 0.317 e. The van der Waals surface area contributed by atoms with E-state index in [1.54, 1.807) is 7.05 Å². The van der Waals surface area contributed by atoms with Crippen LogP contribution >= 0.6 is 0 Å². The molecule has 0 spiro atoms. The lowest BCUT2D eigenvalue weighted by molar-refractivity contribution is -0.121. The zero-order valence-corrected chi connectivity index (χ0v) is 14.1. The maximum absolute atomic E-state index is 12.5. The van der Waals surface area contributed by atoms with Crippen LogP contribution in [-0.4, -0.2) is 43.0 Å². The van der Waals surface area contributed by atoms with E-state index >= 15 is 0 Å². The van der Waals surface area contributed by atoms with E-state index in [1.165, 1.54) is 5.56 Å². The Hall–Kier alpha value is -2.08. The Balaban J connectivity index is 1.50. The quantitative estimate of drug-likeness (QED) is 0.777. The minimum absolute atomic E-state index is 0.0401. The van der Waals surface area contributed by atoms with Crippen LogP contribution in [0.5, 0.6) is 0 Å². The highest BCUT2D eigenvalue weighted by Gasteiger charge is 2.32. The molecule has 1 aromatic carbocycles. The first-order chi connectivity index (χ1) is 11.6. The normalized spacial score (nSPS) is 23.7. The molecule has 0 radical (unpaired) electrons. The lowest BCUT2D eigenvalue weighted by Crippen LogP contribution is -2.50. The van der Waals surface area contributed by atoms with Crippen molar-refractivity contribution in [3.05, 3.63) is 35.4 Å². The Kier molecular flexibility index (Phi) is 5.04. The molecule has 1 aromatic rings. The average Bonchev–Trinajstić information content (AvgIpc) is 2.91. The third kappa shape index (κ3) is 3.53. The van der Waals surface area contributed by atoms with Gasteiger partial charge in [-0.25, -0.2) is 4.79 Å². The van der Waals surface area contributed by atoms with Gasteiger partial charge in [0.15, 0.2) is 0 Å². The number of rotatable bonds is 3. The van der Waals surface area contributed by atoms with E-state index in [9.17, 15) is 9.59 Å². The van der Waals surface area contributed by atoms with Gasteiger partial charge in [-0.2, -0.15) is 0 Å². The highest BCUT2D eigenvalue weighted by atomic mass is 16.2. The molecule has 0 unspecified atom stereocenters. The predicted molar refractivity (Wildman–Crippen MR) is 92.4 cm³/mol. The summed E-state index contributed by atoms with van der Waals surface area (Å²) in [6.45, 7) is 1.39. The molecule has 1 heterocycles. The smallest absolute Gasteiger partial charge is 0.317 e. The summed E-state index contributed by atoms with van der Waals surface area (Å²) in [6, 6.07) is 7.88. The number of hydrogen-bond acceptors (Lipinski definition) is 3. The van der Waals surface area contributed by atoms with Crippen molar-refractivity contribution in [2.75, 3.05) is 20.1 Å². The predicted octanol–water partition coefficient (Wildman–Crippen LogP) is 1.17. The van der Waals surface area contributed by atoms with Crippen molar-refractivity contribution < 1.29 is 9.59 Å². The fraction of sp³-hybridized carbons (Fsp3) is 0.556. The van der Waals surface area contributed by atoms with Crippen LogP contribution in [0.3, 0.4) is 0 Å². The standard InChI is InChI=1S/C18H26N4O2/c1-20-16(23)10-12-6-8-22(9-7-12)18(24)21-15-11-13-4-2-3-5-14(13)17(15)19/h2-5,12,15,17H,6-11,19H2,1H3,(H,20,23)(H,21,24)/t15-,17-/m1/s1. The number of piperidine rings is 1. The van der Waals surface area contributed by atoms with Crippen molar-refractivity contribution in [1.82, 2.24) is 15.5 Å². The Morgan fingerprint density at radius 1 is 1.25 bits per heavy atom. The van der Waals surface area contributed by atoms with Gasteiger partial charge in [-0.1, -0.05) is 24.3 Å². The van der Waals surface area contributed by atoms with Crippen molar-refractivity contribution in [1.29, 1.82) is 0 Å². The third-order valence-corrected chi connectivity index (χ3v) is 5.25. The number of nitrogens with two attached hydrogens (primary N) is 1. The van der Waals surface area contributed by atoms with Crippen molar-refractivity contribution in [3.63, 3.8) is 0 Å². The molecule has 1 saturated heterocycles. The molecule has 1 aliphatic carbocycles. The van der Waals surface area contributed by atoms with Gasteiger partial charge in [-0.15, -0.1) is 0 Å². The molecule has 3 rings (SSSR count). The molecule has 1 fully saturated rings. The second-order valence-electron chi connectivity index (χ2n) is 6.79. The Morgan fingerprint density at radius 3 is 2.62 bits per heavy atom. The van der Waals surface area contributed by atoms with Gasteiger partial charge in [0.05, 0.1) is 12.1 Å². The average molecular weight is 330 g/mol. The van der Waals surface area contributed by atoms with Crippen molar-refractivity contribution in [3.8, 4) is 0 Å². The zero-order chi connectivity index (χ0) is 17.1. The fourth-order valence-electron chi connectivity index (χ4n) is 3.72. The van der Waals surface area contributed by atoms with Gasteiger partial charge in [0.1, 0.15) is 0 Å². The number of nitrogens with zero attached hydrogens (tertiary/aromatic N) is 1. The summed E-state index contributed by atoms with van der Waals surface area (Å²) in [4.78, 5) is 25.8. The molecule has 2 atom stereocenters. The Labute approximate surface area is 142 Å². The molecule has 1 aliphatic heterocycles. The topological polar surface area (TPSA) is 87.5 Å². The molecular formula is C18H26N4O2. The molecule has 0 aromatic heterocycles. The zero-order valence-electron chi connectivity index (χ0n) is 14.1. The first-order valence-electron chi connectivity index (χ1n) is 8.68. The molecule has 0 saturated carbocycles. The van der Waals surface area contributed by atoms with E-state index in [4.69, 9.17) is 5.73 Å². The molecule has 2 aliphatic rings. The number of hydrogen-bond donors (Lipinski definition) is 3. The van der Waals surface area contributed by atoms with E-state index < -0.39 is 0 Å². The van der Waals surface area contributed by atoms with Crippen LogP contribution in [0, 0.1) is 5.92 Å². The first-order valence-corrected chi connectivity index (χ1v) is 8.68. The molecule has 6 nitrogen and oxygen atoms in total. The van der Waals surface area contributed by atoms with Crippen LogP contribution in [0.2, 0.25) is 0 Å². The summed E-state index contributed by atoms with van der Waals surface area (Å²) in [5.74, 6) is 0.444. The first kappa shape index (κ1) is 16.8. The van der Waals surface area contributed by atoms with Crippen LogP contribution in [0.25, 0.3) is 0 Å². The minimum atomic E-state index is -0.143. The Bertz CT molecular complexity index is 611. The molecule has 6 heteroatoms. The Morgan fingerprint density at radius 2 is 1.96 bits per heavy atom. The van der Waals surface area contributed by atoms with Crippen LogP contribution in [0.1, 0.15) is 36.4 Å². The molecule has 0 bridgehead atoms. The summed E-state index contributed by atoms with van der Waals surface area (Å²) < 4.78 is 0. The fourth-order valence-corrected chi connectivity index (χ4v) is 3.72. The van der Waals surface area contributed by atoms with Gasteiger partial charge in [0, 0.05) is 26.6 Å². The number of benzene rings is 1. The van der Waals surface area contributed by atoms with Crippen LogP contribution in [-0.2, 0) is 11.2 Å². The summed E-state index contributed by atoms with van der Waals surface area (Å²) >= 11 is 0. The molecule has 24 heavy (non-hydrogen) atoms. The third-order valence-electron chi connectivity index (χ3n) is 5.25. The highest BCUT2D eigenvalue weighted by Crippen LogP contribution is 2.29. The van der Waals surface area contributed by atoms with E-state index in [1.807, 2.05) is 23.1 Å². The van der Waals surface area contributed by atoms with Gasteiger partial charge in [-0.3, -0.25) is 4.79 Å². The van der Waals surface area contributed by atoms with Gasteiger partial charge in [0.2, 0.25) is 5.91 Å². The van der Waals surface area contributed by atoms with Crippen LogP contribution in [0.15, 0.2) is 24.3 Å². The lowest BCUT2D eigenvalue weighted by atomic mass is 9.93. The van der Waals surface area contributed by atoms with Crippen molar-refractivity contribution in [2.24, 2.45) is 11.7 Å². The largest absolute Gasteiger partial charge is 0.359 e. The number of amides is 3. The van der Waals surface area contributed by atoms with Crippen LogP contribution in [0.4, 0.5) is 4.79 Å². The van der Waals surface area contributed by atoms with E-state index in [0.29, 0.717) is 25.4 Å². The molecule has 4 N–H and O–H groups in total. The van der Waals surface area contributed by atoms with E-state index in [2.05, 4.69) is 16.7 Å². The highest BCUT2D eigenvalue weighted by molar-refractivity contribution is 5.76. The van der Waals surface area contributed by atoms with Gasteiger partial charge >= 0.3 is 6.03 Å². The summed E-state index contributed by atoms with van der Waals surface area (Å²) in [5, 5.41) is 5.76. The lowest BCUT2D eigenvalue weighted by Gasteiger charge is -2.33. The SMILES string of the molecule is CNC(=O)CC1CCN(C(=O)N[C@@H]2Cc3ccccc3[C@H]2N)CC1. The second kappa shape index (κ2) is 7.21. The molecule has 130 valence electrons. The van der Waals surface area contributed by atoms with Crippen molar-refractivity contribution >= 4 is 11.9 Å². The summed E-state index contributed by atoms with van der Waals surface area (Å²) in [6.07, 6.45) is 3.08. The van der Waals surface area contributed by atoms with Gasteiger partial charge < -0.3 is 21.3 Å². The monoisotopic (exact) mass is 330 g/mol. The summed E-state index contributed by atoms with van der Waals surface area (Å²) in [7, 11) is 1.66. The maximum atomic E-state index is 12.5. The number of fused-ring (bicyclic) bond motifs is 1. The van der Waals surface area contributed by atoms with E-state index in [-0.39, 0.29) is 24.0 Å². The number of carbonyl (C=O) groups is 2. The second-order valence-corrected chi connectivity index (χ2v) is 6.79.